The zero-order valence-corrected chi connectivity index (χ0v) is 11.6. The number of aryl methyl sites for hydroxylation is 3. The van der Waals surface area contributed by atoms with Gasteiger partial charge in [0.25, 0.3) is 5.91 Å². The van der Waals surface area contributed by atoms with Crippen molar-refractivity contribution in [1.29, 1.82) is 0 Å². The zero-order chi connectivity index (χ0) is 14.3. The fraction of sp³-hybridized carbons (Fsp3) is 0.214. The largest absolute Gasteiger partial charge is 0.347 e. The lowest BCUT2D eigenvalue weighted by Crippen LogP contribution is -2.15. The average molecular weight is 269 g/mol. The summed E-state index contributed by atoms with van der Waals surface area (Å²) in [6, 6.07) is 5.50. The summed E-state index contributed by atoms with van der Waals surface area (Å²) in [7, 11) is 3.69. The highest BCUT2D eigenvalue weighted by atomic mass is 16.1. The molecule has 1 N–H and O–H groups in total. The smallest absolute Gasteiger partial charge is 0.272 e. The van der Waals surface area contributed by atoms with Crippen LogP contribution in [0.3, 0.4) is 0 Å². The second-order valence-corrected chi connectivity index (χ2v) is 4.76. The molecule has 1 amide bonds. The monoisotopic (exact) mass is 269 g/mol. The number of hydrogen-bond donors (Lipinski definition) is 1. The van der Waals surface area contributed by atoms with Gasteiger partial charge in [-0.15, -0.1) is 0 Å². The van der Waals surface area contributed by atoms with Crippen LogP contribution >= 0.6 is 0 Å². The molecule has 0 aromatic carbocycles. The number of nitrogens with one attached hydrogen (secondary N) is 1. The predicted octanol–water partition coefficient (Wildman–Crippen LogP) is 1.87. The highest BCUT2D eigenvalue weighted by molar-refractivity contribution is 6.03. The highest BCUT2D eigenvalue weighted by Crippen LogP contribution is 2.19. The molecule has 0 aliphatic carbocycles. The van der Waals surface area contributed by atoms with E-state index >= 15 is 0 Å². The number of pyridine rings is 1. The van der Waals surface area contributed by atoms with Gasteiger partial charge in [0.2, 0.25) is 0 Å². The molecule has 0 fully saturated rings. The summed E-state index contributed by atoms with van der Waals surface area (Å²) in [5, 5.41) is 8.11. The Bertz CT molecular complexity index is 799. The van der Waals surface area contributed by atoms with Gasteiger partial charge in [0.15, 0.2) is 5.65 Å². The van der Waals surface area contributed by atoms with E-state index in [1.165, 1.54) is 0 Å². The zero-order valence-electron chi connectivity index (χ0n) is 11.6. The van der Waals surface area contributed by atoms with Gasteiger partial charge >= 0.3 is 0 Å². The van der Waals surface area contributed by atoms with Crippen molar-refractivity contribution in [1.82, 2.24) is 19.3 Å². The summed E-state index contributed by atoms with van der Waals surface area (Å²) in [6.45, 7) is 1.92. The molecule has 3 rings (SSSR count). The minimum absolute atomic E-state index is 0.153. The van der Waals surface area contributed by atoms with E-state index in [2.05, 4.69) is 15.4 Å². The molecule has 0 saturated carbocycles. The van der Waals surface area contributed by atoms with Gasteiger partial charge in [-0.25, -0.2) is 4.98 Å². The van der Waals surface area contributed by atoms with E-state index < -0.39 is 0 Å². The standard InChI is InChI=1S/C14H15N5O/c1-9-11-7-10(8-15-13(11)19(3)17-9)16-14(20)12-5-4-6-18(12)2/h4-8H,1-3H3,(H,16,20). The van der Waals surface area contributed by atoms with Crippen molar-refractivity contribution in [3.8, 4) is 0 Å². The number of aromatic nitrogens is 4. The molecule has 0 radical (unpaired) electrons. The van der Waals surface area contributed by atoms with E-state index in [9.17, 15) is 4.79 Å². The Morgan fingerprint density at radius 2 is 2.15 bits per heavy atom. The van der Waals surface area contributed by atoms with Crippen LogP contribution in [-0.2, 0) is 14.1 Å². The van der Waals surface area contributed by atoms with Crippen molar-refractivity contribution in [3.63, 3.8) is 0 Å². The van der Waals surface area contributed by atoms with Gasteiger partial charge in [-0.05, 0) is 25.1 Å². The Kier molecular flexibility index (Phi) is 2.78. The third-order valence-corrected chi connectivity index (χ3v) is 3.30. The second kappa shape index (κ2) is 4.48. The van der Waals surface area contributed by atoms with Gasteiger partial charge in [0.05, 0.1) is 17.6 Å². The van der Waals surface area contributed by atoms with E-state index in [1.807, 2.05) is 39.3 Å². The molecule has 0 aliphatic rings. The number of fused-ring (bicyclic) bond motifs is 1. The maximum absolute atomic E-state index is 12.1. The van der Waals surface area contributed by atoms with Gasteiger partial charge in [-0.1, -0.05) is 0 Å². The SMILES string of the molecule is Cc1nn(C)c2ncc(NC(=O)c3cccn3C)cc12. The topological polar surface area (TPSA) is 64.7 Å². The molecule has 0 spiro atoms. The molecule has 0 bridgehead atoms. The summed E-state index contributed by atoms with van der Waals surface area (Å²) < 4.78 is 3.50. The second-order valence-electron chi connectivity index (χ2n) is 4.76. The van der Waals surface area contributed by atoms with Crippen LogP contribution in [0.2, 0.25) is 0 Å². The number of anilines is 1. The van der Waals surface area contributed by atoms with Crippen LogP contribution in [0.4, 0.5) is 5.69 Å². The quantitative estimate of drug-likeness (QED) is 0.772. The Morgan fingerprint density at radius 3 is 2.85 bits per heavy atom. The van der Waals surface area contributed by atoms with Crippen LogP contribution in [0.5, 0.6) is 0 Å². The number of rotatable bonds is 2. The minimum atomic E-state index is -0.153. The first-order valence-electron chi connectivity index (χ1n) is 6.28. The summed E-state index contributed by atoms with van der Waals surface area (Å²) in [5.74, 6) is -0.153. The predicted molar refractivity (Wildman–Crippen MR) is 76.6 cm³/mol. The molecule has 6 nitrogen and oxygen atoms in total. The third kappa shape index (κ3) is 1.95. The number of nitrogens with zero attached hydrogens (tertiary/aromatic N) is 4. The average Bonchev–Trinajstić information content (AvgIpc) is 2.95. The van der Waals surface area contributed by atoms with Gasteiger partial charge in [-0.2, -0.15) is 5.10 Å². The Morgan fingerprint density at radius 1 is 1.35 bits per heavy atom. The number of carbonyl (C=O) groups is 1. The van der Waals surface area contributed by atoms with E-state index in [0.717, 1.165) is 16.7 Å². The minimum Gasteiger partial charge on any atom is -0.347 e. The van der Waals surface area contributed by atoms with Crippen LogP contribution in [0.1, 0.15) is 16.2 Å². The van der Waals surface area contributed by atoms with Crippen LogP contribution < -0.4 is 5.32 Å². The maximum Gasteiger partial charge on any atom is 0.272 e. The summed E-state index contributed by atoms with van der Waals surface area (Å²) >= 11 is 0. The van der Waals surface area contributed by atoms with Crippen LogP contribution in [-0.4, -0.2) is 25.2 Å². The molecule has 20 heavy (non-hydrogen) atoms. The molecular weight excluding hydrogens is 254 g/mol. The van der Waals surface area contributed by atoms with Crippen LogP contribution in [0, 0.1) is 6.92 Å². The van der Waals surface area contributed by atoms with E-state index in [1.54, 1.807) is 21.5 Å². The summed E-state index contributed by atoms with van der Waals surface area (Å²) in [5.41, 5.74) is 2.97. The van der Waals surface area contributed by atoms with Crippen LogP contribution in [0.25, 0.3) is 11.0 Å². The Balaban J connectivity index is 1.93. The van der Waals surface area contributed by atoms with Gasteiger partial charge in [-0.3, -0.25) is 9.48 Å². The molecule has 3 aromatic rings. The molecular formula is C14H15N5O. The van der Waals surface area contributed by atoms with Crippen molar-refractivity contribution in [3.05, 3.63) is 42.0 Å². The third-order valence-electron chi connectivity index (χ3n) is 3.30. The fourth-order valence-electron chi connectivity index (χ4n) is 2.27. The Hall–Kier alpha value is -2.63. The van der Waals surface area contributed by atoms with E-state index in [0.29, 0.717) is 11.4 Å². The molecule has 0 unspecified atom stereocenters. The maximum atomic E-state index is 12.1. The molecule has 3 heterocycles. The lowest BCUT2D eigenvalue weighted by atomic mass is 10.2. The molecule has 0 saturated heterocycles. The number of amides is 1. The molecule has 3 aromatic heterocycles. The van der Waals surface area contributed by atoms with E-state index in [4.69, 9.17) is 0 Å². The van der Waals surface area contributed by atoms with Gasteiger partial charge in [0.1, 0.15) is 5.69 Å². The summed E-state index contributed by atoms with van der Waals surface area (Å²) in [4.78, 5) is 16.5. The van der Waals surface area contributed by atoms with Gasteiger partial charge in [0, 0.05) is 25.7 Å². The van der Waals surface area contributed by atoms with Gasteiger partial charge < -0.3 is 9.88 Å². The van der Waals surface area contributed by atoms with Crippen molar-refractivity contribution in [2.75, 3.05) is 5.32 Å². The first kappa shape index (κ1) is 12.4. The lowest BCUT2D eigenvalue weighted by Gasteiger charge is -2.06. The first-order chi connectivity index (χ1) is 9.56. The summed E-state index contributed by atoms with van der Waals surface area (Å²) in [6.07, 6.45) is 3.48. The van der Waals surface area contributed by atoms with Crippen molar-refractivity contribution >= 4 is 22.6 Å². The highest BCUT2D eigenvalue weighted by Gasteiger charge is 2.11. The Labute approximate surface area is 116 Å². The van der Waals surface area contributed by atoms with Crippen LogP contribution in [0.15, 0.2) is 30.6 Å². The molecule has 102 valence electrons. The molecule has 6 heteroatoms. The lowest BCUT2D eigenvalue weighted by molar-refractivity contribution is 0.101. The fourth-order valence-corrected chi connectivity index (χ4v) is 2.27. The molecule has 0 aliphatic heterocycles. The first-order valence-corrected chi connectivity index (χ1v) is 6.28. The number of hydrogen-bond acceptors (Lipinski definition) is 3. The van der Waals surface area contributed by atoms with E-state index in [-0.39, 0.29) is 5.91 Å². The van der Waals surface area contributed by atoms with Crippen molar-refractivity contribution in [2.45, 2.75) is 6.92 Å². The molecule has 0 atom stereocenters. The number of carbonyl (C=O) groups excluding carboxylic acids is 1. The normalized spacial score (nSPS) is 10.9. The van der Waals surface area contributed by atoms with Crippen molar-refractivity contribution in [2.24, 2.45) is 14.1 Å². The van der Waals surface area contributed by atoms with Crippen molar-refractivity contribution < 1.29 is 4.79 Å².